The van der Waals surface area contributed by atoms with E-state index in [0.29, 0.717) is 12.0 Å². The lowest BCUT2D eigenvalue weighted by molar-refractivity contribution is 0.607. The van der Waals surface area contributed by atoms with Gasteiger partial charge in [-0.1, -0.05) is 38.4 Å². The highest BCUT2D eigenvalue weighted by Gasteiger charge is 2.30. The topological polar surface area (TPSA) is 15.3 Å². The Morgan fingerprint density at radius 2 is 2.11 bits per heavy atom. The van der Waals surface area contributed by atoms with E-state index in [-0.39, 0.29) is 0 Å². The van der Waals surface area contributed by atoms with Crippen LogP contribution in [0.1, 0.15) is 39.2 Å². The van der Waals surface area contributed by atoms with Gasteiger partial charge in [0.15, 0.2) is 0 Å². The van der Waals surface area contributed by atoms with Gasteiger partial charge in [-0.05, 0) is 43.0 Å². The van der Waals surface area contributed by atoms with Crippen molar-refractivity contribution in [2.45, 2.75) is 46.2 Å². The third-order valence-corrected chi connectivity index (χ3v) is 3.75. The molecule has 1 aliphatic rings. The average Bonchev–Trinajstić information content (AvgIpc) is 3.18. The second kappa shape index (κ2) is 6.62. The number of halogens is 1. The summed E-state index contributed by atoms with van der Waals surface area (Å²) < 4.78 is 0. The lowest BCUT2D eigenvalue weighted by atomic mass is 10.1. The van der Waals surface area contributed by atoms with E-state index in [4.69, 9.17) is 11.6 Å². The molecule has 106 valence electrons. The Morgan fingerprint density at radius 1 is 1.37 bits per heavy atom. The van der Waals surface area contributed by atoms with Crippen molar-refractivity contribution in [2.75, 3.05) is 18.0 Å². The van der Waals surface area contributed by atoms with E-state index in [1.165, 1.54) is 24.1 Å². The average molecular weight is 281 g/mol. The summed E-state index contributed by atoms with van der Waals surface area (Å²) in [5.41, 5.74) is 2.47. The van der Waals surface area contributed by atoms with Crippen molar-refractivity contribution in [2.24, 2.45) is 5.92 Å². The molecule has 0 aromatic heterocycles. The lowest BCUT2D eigenvalue weighted by Crippen LogP contribution is -2.30. The number of nitrogens with one attached hydrogen (secondary N) is 1. The molecule has 0 amide bonds. The Kier molecular flexibility index (Phi) is 5.12. The summed E-state index contributed by atoms with van der Waals surface area (Å²) >= 11 is 6.49. The highest BCUT2D eigenvalue weighted by molar-refractivity contribution is 6.33. The summed E-state index contributed by atoms with van der Waals surface area (Å²) in [4.78, 5) is 2.49. The maximum Gasteiger partial charge on any atom is 0.0642 e. The van der Waals surface area contributed by atoms with Crippen LogP contribution < -0.4 is 10.2 Å². The Balaban J connectivity index is 2.13. The molecule has 0 saturated heterocycles. The summed E-state index contributed by atoms with van der Waals surface area (Å²) in [6.45, 7) is 9.63. The first-order valence-corrected chi connectivity index (χ1v) is 7.75. The van der Waals surface area contributed by atoms with Crippen LogP contribution in [-0.4, -0.2) is 19.1 Å². The van der Waals surface area contributed by atoms with E-state index in [0.717, 1.165) is 24.7 Å². The van der Waals surface area contributed by atoms with Crippen LogP contribution in [0.15, 0.2) is 18.2 Å². The van der Waals surface area contributed by atoms with Crippen LogP contribution in [0.5, 0.6) is 0 Å². The van der Waals surface area contributed by atoms with Gasteiger partial charge in [0.25, 0.3) is 0 Å². The van der Waals surface area contributed by atoms with Gasteiger partial charge in [-0.25, -0.2) is 0 Å². The molecule has 0 heterocycles. The Morgan fingerprint density at radius 3 is 2.63 bits per heavy atom. The van der Waals surface area contributed by atoms with Gasteiger partial charge in [0.05, 0.1) is 10.7 Å². The molecule has 2 nitrogen and oxygen atoms in total. The maximum absolute atomic E-state index is 6.49. The fourth-order valence-electron chi connectivity index (χ4n) is 2.39. The molecule has 2 rings (SSSR count). The molecule has 0 aliphatic heterocycles. The van der Waals surface area contributed by atoms with E-state index in [2.05, 4.69) is 49.2 Å². The SMILES string of the molecule is CCNCc1ccc(N(CC(C)C)C2CC2)c(Cl)c1. The standard InChI is InChI=1S/C16H25ClN2/c1-4-18-10-13-5-8-16(15(17)9-13)19(11-12(2)3)14-6-7-14/h5,8-9,12,14,18H,4,6-7,10-11H2,1-3H3. The number of hydrogen-bond donors (Lipinski definition) is 1. The summed E-state index contributed by atoms with van der Waals surface area (Å²) in [7, 11) is 0. The van der Waals surface area contributed by atoms with Crippen LogP contribution in [0.25, 0.3) is 0 Å². The minimum Gasteiger partial charge on any atom is -0.367 e. The molecule has 3 heteroatoms. The minimum absolute atomic E-state index is 0.665. The molecule has 1 aliphatic carbocycles. The molecule has 1 saturated carbocycles. The fourth-order valence-corrected chi connectivity index (χ4v) is 2.70. The van der Waals surface area contributed by atoms with E-state index in [9.17, 15) is 0 Å². The van der Waals surface area contributed by atoms with Crippen LogP contribution in [0.3, 0.4) is 0 Å². The zero-order valence-electron chi connectivity index (χ0n) is 12.2. The molecule has 1 aromatic carbocycles. The van der Waals surface area contributed by atoms with Gasteiger partial charge in [-0.15, -0.1) is 0 Å². The van der Waals surface area contributed by atoms with Crippen LogP contribution in [0.2, 0.25) is 5.02 Å². The molecule has 0 bridgehead atoms. The number of anilines is 1. The predicted octanol–water partition coefficient (Wildman–Crippen LogP) is 4.07. The zero-order valence-corrected chi connectivity index (χ0v) is 13.0. The first-order valence-electron chi connectivity index (χ1n) is 7.37. The minimum atomic E-state index is 0.665. The highest BCUT2D eigenvalue weighted by Crippen LogP contribution is 2.36. The number of nitrogens with zero attached hydrogens (tertiary/aromatic N) is 1. The molecule has 1 N–H and O–H groups in total. The van der Waals surface area contributed by atoms with Crippen molar-refractivity contribution < 1.29 is 0 Å². The maximum atomic E-state index is 6.49. The largest absolute Gasteiger partial charge is 0.367 e. The van der Waals surface area contributed by atoms with Crippen molar-refractivity contribution in [1.29, 1.82) is 0 Å². The van der Waals surface area contributed by atoms with Gasteiger partial charge in [0.1, 0.15) is 0 Å². The Hall–Kier alpha value is -0.730. The van der Waals surface area contributed by atoms with Crippen LogP contribution in [-0.2, 0) is 6.54 Å². The second-order valence-electron chi connectivity index (χ2n) is 5.84. The second-order valence-corrected chi connectivity index (χ2v) is 6.25. The van der Waals surface area contributed by atoms with Crippen LogP contribution >= 0.6 is 11.6 Å². The third kappa shape index (κ3) is 4.12. The van der Waals surface area contributed by atoms with Crippen molar-refractivity contribution in [3.63, 3.8) is 0 Å². The van der Waals surface area contributed by atoms with Crippen molar-refractivity contribution in [3.05, 3.63) is 28.8 Å². The van der Waals surface area contributed by atoms with Gasteiger partial charge >= 0.3 is 0 Å². The predicted molar refractivity (Wildman–Crippen MR) is 84.0 cm³/mol. The summed E-state index contributed by atoms with van der Waals surface area (Å²) in [6, 6.07) is 7.20. The monoisotopic (exact) mass is 280 g/mol. The molecule has 0 spiro atoms. The number of rotatable bonds is 7. The molecule has 0 unspecified atom stereocenters. The van der Waals surface area contributed by atoms with Crippen LogP contribution in [0, 0.1) is 5.92 Å². The lowest BCUT2D eigenvalue weighted by Gasteiger charge is -2.28. The highest BCUT2D eigenvalue weighted by atomic mass is 35.5. The van der Waals surface area contributed by atoms with E-state index in [1.807, 2.05) is 0 Å². The van der Waals surface area contributed by atoms with Crippen LogP contribution in [0.4, 0.5) is 5.69 Å². The van der Waals surface area contributed by atoms with Crippen molar-refractivity contribution in [3.8, 4) is 0 Å². The molecule has 1 aromatic rings. The van der Waals surface area contributed by atoms with Crippen molar-refractivity contribution in [1.82, 2.24) is 5.32 Å². The first kappa shape index (κ1) is 14.7. The van der Waals surface area contributed by atoms with Gasteiger partial charge in [0, 0.05) is 19.1 Å². The quantitative estimate of drug-likeness (QED) is 0.810. The van der Waals surface area contributed by atoms with Gasteiger partial charge in [-0.3, -0.25) is 0 Å². The first-order chi connectivity index (χ1) is 9.11. The smallest absolute Gasteiger partial charge is 0.0642 e. The fraction of sp³-hybridized carbons (Fsp3) is 0.625. The Bertz CT molecular complexity index is 413. The number of benzene rings is 1. The molecular formula is C16H25ClN2. The Labute approximate surface area is 122 Å². The van der Waals surface area contributed by atoms with Gasteiger partial charge in [-0.2, -0.15) is 0 Å². The van der Waals surface area contributed by atoms with Gasteiger partial charge < -0.3 is 10.2 Å². The molecule has 1 fully saturated rings. The molecule has 0 radical (unpaired) electrons. The zero-order chi connectivity index (χ0) is 13.8. The van der Waals surface area contributed by atoms with E-state index >= 15 is 0 Å². The molecule has 19 heavy (non-hydrogen) atoms. The van der Waals surface area contributed by atoms with Gasteiger partial charge in [0.2, 0.25) is 0 Å². The van der Waals surface area contributed by atoms with E-state index < -0.39 is 0 Å². The molecular weight excluding hydrogens is 256 g/mol. The van der Waals surface area contributed by atoms with Crippen molar-refractivity contribution >= 4 is 17.3 Å². The van der Waals surface area contributed by atoms with E-state index in [1.54, 1.807) is 0 Å². The summed E-state index contributed by atoms with van der Waals surface area (Å²) in [5.74, 6) is 0.665. The summed E-state index contributed by atoms with van der Waals surface area (Å²) in [6.07, 6.45) is 2.62. The molecule has 0 atom stereocenters. The summed E-state index contributed by atoms with van der Waals surface area (Å²) in [5, 5.41) is 4.23. The third-order valence-electron chi connectivity index (χ3n) is 3.45. The number of hydrogen-bond acceptors (Lipinski definition) is 2. The normalized spacial score (nSPS) is 15.0.